The number of carbonyl (C=O) groups is 2. The molecule has 0 bridgehead atoms. The van der Waals surface area contributed by atoms with E-state index in [4.69, 9.17) is 0 Å². The molecular weight excluding hydrogens is 354 g/mol. The second-order valence-electron chi connectivity index (χ2n) is 8.26. The summed E-state index contributed by atoms with van der Waals surface area (Å²) >= 11 is 0. The molecule has 2 aliphatic rings. The number of fused-ring (bicyclic) bond motifs is 1. The van der Waals surface area contributed by atoms with Gasteiger partial charge in [0.25, 0.3) is 0 Å². The summed E-state index contributed by atoms with van der Waals surface area (Å²) in [5.41, 5.74) is 1.81. The predicted octanol–water partition coefficient (Wildman–Crippen LogP) is 1.50. The molecule has 7 nitrogen and oxygen atoms in total. The molecule has 3 heterocycles. The number of piperazine rings is 1. The van der Waals surface area contributed by atoms with Gasteiger partial charge >= 0.3 is 0 Å². The molecule has 2 aromatic rings. The molecule has 1 aromatic carbocycles. The first-order chi connectivity index (χ1) is 13.4. The molecule has 2 fully saturated rings. The van der Waals surface area contributed by atoms with Crippen LogP contribution in [-0.4, -0.2) is 81.9 Å². The van der Waals surface area contributed by atoms with E-state index in [9.17, 15) is 9.59 Å². The summed E-state index contributed by atoms with van der Waals surface area (Å²) in [6.07, 6.45) is 2.26. The van der Waals surface area contributed by atoms with Crippen LogP contribution in [0.25, 0.3) is 11.0 Å². The molecule has 28 heavy (non-hydrogen) atoms. The van der Waals surface area contributed by atoms with E-state index < -0.39 is 0 Å². The normalized spacial score (nSPS) is 24.2. The van der Waals surface area contributed by atoms with Crippen LogP contribution in [0, 0.1) is 6.92 Å². The lowest BCUT2D eigenvalue weighted by molar-refractivity contribution is -0.137. The molecule has 2 amide bonds. The Labute approximate surface area is 165 Å². The van der Waals surface area contributed by atoms with Gasteiger partial charge in [0.1, 0.15) is 12.4 Å². The van der Waals surface area contributed by atoms with Crippen LogP contribution in [0.1, 0.15) is 25.1 Å². The SMILES string of the molecule is Cc1nc2ccccc2n1CC(=O)N1CCN(C)C2(CCC(=O)N(C)CC2)C1. The molecule has 4 rings (SSSR count). The van der Waals surface area contributed by atoms with Crippen LogP contribution in [0.2, 0.25) is 0 Å². The summed E-state index contributed by atoms with van der Waals surface area (Å²) in [5, 5.41) is 0. The van der Waals surface area contributed by atoms with Gasteiger partial charge in [-0.05, 0) is 38.9 Å². The predicted molar refractivity (Wildman–Crippen MR) is 108 cm³/mol. The van der Waals surface area contributed by atoms with Gasteiger partial charge in [0.05, 0.1) is 11.0 Å². The lowest BCUT2D eigenvalue weighted by Crippen LogP contribution is -2.62. The van der Waals surface area contributed by atoms with Gasteiger partial charge < -0.3 is 14.4 Å². The molecule has 0 N–H and O–H groups in total. The van der Waals surface area contributed by atoms with E-state index in [1.54, 1.807) is 0 Å². The molecule has 1 spiro atoms. The molecule has 0 aliphatic carbocycles. The van der Waals surface area contributed by atoms with Crippen molar-refractivity contribution >= 4 is 22.8 Å². The number of rotatable bonds is 2. The minimum absolute atomic E-state index is 0.111. The number of benzene rings is 1. The topological polar surface area (TPSA) is 61.7 Å². The highest BCUT2D eigenvalue weighted by atomic mass is 16.2. The van der Waals surface area contributed by atoms with Crippen molar-refractivity contribution in [3.05, 3.63) is 30.1 Å². The maximum atomic E-state index is 13.2. The minimum Gasteiger partial charge on any atom is -0.346 e. The molecule has 7 heteroatoms. The number of nitrogens with zero attached hydrogens (tertiary/aromatic N) is 5. The number of aromatic nitrogens is 2. The number of hydrogen-bond acceptors (Lipinski definition) is 4. The van der Waals surface area contributed by atoms with Crippen molar-refractivity contribution in [1.29, 1.82) is 0 Å². The maximum absolute atomic E-state index is 13.2. The molecular formula is C21H29N5O2. The zero-order valence-electron chi connectivity index (χ0n) is 17.0. The Balaban J connectivity index is 1.53. The fraction of sp³-hybridized carbons (Fsp3) is 0.571. The number of hydrogen-bond donors (Lipinski definition) is 0. The van der Waals surface area contributed by atoms with Crippen molar-refractivity contribution in [3.8, 4) is 0 Å². The highest BCUT2D eigenvalue weighted by Crippen LogP contribution is 2.32. The number of aryl methyl sites for hydroxylation is 1. The minimum atomic E-state index is -0.111. The van der Waals surface area contributed by atoms with E-state index in [2.05, 4.69) is 16.9 Å². The fourth-order valence-corrected chi connectivity index (χ4v) is 4.60. The molecule has 2 saturated heterocycles. The second kappa shape index (κ2) is 7.20. The monoisotopic (exact) mass is 383 g/mol. The van der Waals surface area contributed by atoms with Crippen LogP contribution in [0.3, 0.4) is 0 Å². The summed E-state index contributed by atoms with van der Waals surface area (Å²) in [6, 6.07) is 7.94. The van der Waals surface area contributed by atoms with Gasteiger partial charge in [-0.3, -0.25) is 14.5 Å². The van der Waals surface area contributed by atoms with Crippen LogP contribution in [-0.2, 0) is 16.1 Å². The number of carbonyl (C=O) groups excluding carboxylic acids is 2. The van der Waals surface area contributed by atoms with E-state index in [0.717, 1.165) is 49.3 Å². The molecule has 2 aliphatic heterocycles. The van der Waals surface area contributed by atoms with Gasteiger partial charge in [0.2, 0.25) is 11.8 Å². The first-order valence-corrected chi connectivity index (χ1v) is 10.0. The van der Waals surface area contributed by atoms with E-state index >= 15 is 0 Å². The fourth-order valence-electron chi connectivity index (χ4n) is 4.60. The van der Waals surface area contributed by atoms with Crippen molar-refractivity contribution in [1.82, 2.24) is 24.3 Å². The highest BCUT2D eigenvalue weighted by molar-refractivity contribution is 5.81. The molecule has 1 atom stereocenters. The van der Waals surface area contributed by atoms with Crippen molar-refractivity contribution in [2.24, 2.45) is 0 Å². The van der Waals surface area contributed by atoms with Gasteiger partial charge in [0.15, 0.2) is 0 Å². The average molecular weight is 383 g/mol. The van der Waals surface area contributed by atoms with Crippen LogP contribution in [0.5, 0.6) is 0 Å². The Morgan fingerprint density at radius 3 is 2.75 bits per heavy atom. The average Bonchev–Trinajstić information content (AvgIpc) is 2.93. The van der Waals surface area contributed by atoms with E-state index in [-0.39, 0.29) is 17.4 Å². The number of para-hydroxylation sites is 2. The van der Waals surface area contributed by atoms with Gasteiger partial charge in [-0.1, -0.05) is 12.1 Å². The van der Waals surface area contributed by atoms with Gasteiger partial charge in [0, 0.05) is 45.2 Å². The highest BCUT2D eigenvalue weighted by Gasteiger charge is 2.42. The molecule has 0 saturated carbocycles. The summed E-state index contributed by atoms with van der Waals surface area (Å²) in [4.78, 5) is 36.1. The van der Waals surface area contributed by atoms with Crippen LogP contribution in [0.4, 0.5) is 0 Å². The van der Waals surface area contributed by atoms with Gasteiger partial charge in [-0.15, -0.1) is 0 Å². The largest absolute Gasteiger partial charge is 0.346 e. The summed E-state index contributed by atoms with van der Waals surface area (Å²) in [6.45, 7) is 5.27. The maximum Gasteiger partial charge on any atom is 0.242 e. The number of likely N-dealkylation sites (tertiary alicyclic amines) is 1. The lowest BCUT2D eigenvalue weighted by Gasteiger charge is -2.49. The second-order valence-corrected chi connectivity index (χ2v) is 8.26. The Morgan fingerprint density at radius 2 is 1.93 bits per heavy atom. The quantitative estimate of drug-likeness (QED) is 0.789. The molecule has 1 unspecified atom stereocenters. The number of imidazole rings is 1. The standard InChI is InChI=1S/C21H29N5O2/c1-16-22-17-6-4-5-7-18(17)26(16)14-20(28)25-13-12-24(3)21(15-25)9-8-19(27)23(2)11-10-21/h4-7H,8-15H2,1-3H3. The zero-order chi connectivity index (χ0) is 19.9. The Bertz CT molecular complexity index is 907. The zero-order valence-corrected chi connectivity index (χ0v) is 17.0. The molecule has 1 aromatic heterocycles. The van der Waals surface area contributed by atoms with E-state index in [1.165, 1.54) is 0 Å². The van der Waals surface area contributed by atoms with E-state index in [1.807, 2.05) is 52.6 Å². The lowest BCUT2D eigenvalue weighted by atomic mass is 9.86. The number of likely N-dealkylation sites (N-methyl/N-ethyl adjacent to an activating group) is 1. The summed E-state index contributed by atoms with van der Waals surface area (Å²) in [7, 11) is 4.01. The first kappa shape index (κ1) is 18.9. The van der Waals surface area contributed by atoms with Crippen LogP contribution >= 0.6 is 0 Å². The molecule has 150 valence electrons. The smallest absolute Gasteiger partial charge is 0.242 e. The van der Waals surface area contributed by atoms with Crippen molar-refractivity contribution < 1.29 is 9.59 Å². The van der Waals surface area contributed by atoms with Crippen LogP contribution < -0.4 is 0 Å². The first-order valence-electron chi connectivity index (χ1n) is 10.0. The molecule has 0 radical (unpaired) electrons. The van der Waals surface area contributed by atoms with Gasteiger partial charge in [-0.2, -0.15) is 0 Å². The Kier molecular flexibility index (Phi) is 4.87. The Morgan fingerprint density at radius 1 is 1.14 bits per heavy atom. The summed E-state index contributed by atoms with van der Waals surface area (Å²) in [5.74, 6) is 1.19. The summed E-state index contributed by atoms with van der Waals surface area (Å²) < 4.78 is 2.01. The third-order valence-corrected chi connectivity index (χ3v) is 6.63. The Hall–Kier alpha value is -2.41. The van der Waals surface area contributed by atoms with E-state index in [0.29, 0.717) is 19.5 Å². The van der Waals surface area contributed by atoms with Crippen molar-refractivity contribution in [3.63, 3.8) is 0 Å². The van der Waals surface area contributed by atoms with Gasteiger partial charge in [-0.25, -0.2) is 4.98 Å². The van der Waals surface area contributed by atoms with Crippen LogP contribution in [0.15, 0.2) is 24.3 Å². The van der Waals surface area contributed by atoms with Crippen molar-refractivity contribution in [2.45, 2.75) is 38.3 Å². The third kappa shape index (κ3) is 3.28. The van der Waals surface area contributed by atoms with Crippen molar-refractivity contribution in [2.75, 3.05) is 40.3 Å². The number of amides is 2. The third-order valence-electron chi connectivity index (χ3n) is 6.63.